The average molecular weight is 256 g/mol. The van der Waals surface area contributed by atoms with Crippen LogP contribution < -0.4 is 0 Å². The van der Waals surface area contributed by atoms with E-state index in [1.165, 1.54) is 0 Å². The first-order chi connectivity index (χ1) is 8.37. The van der Waals surface area contributed by atoms with Crippen molar-refractivity contribution in [1.82, 2.24) is 0 Å². The summed E-state index contributed by atoms with van der Waals surface area (Å²) in [5.41, 5.74) is 0. The van der Waals surface area contributed by atoms with E-state index in [2.05, 4.69) is 13.8 Å². The van der Waals surface area contributed by atoms with E-state index in [0.29, 0.717) is 5.92 Å². The van der Waals surface area contributed by atoms with Gasteiger partial charge in [0.05, 0.1) is 24.4 Å². The van der Waals surface area contributed by atoms with E-state index in [-0.39, 0.29) is 36.4 Å². The van der Waals surface area contributed by atoms with Gasteiger partial charge in [-0.2, -0.15) is 0 Å². The lowest BCUT2D eigenvalue weighted by molar-refractivity contribution is -0.158. The smallest absolute Gasteiger partial charge is 0.163 e. The molecule has 0 radical (unpaired) electrons. The fourth-order valence-corrected chi connectivity index (χ4v) is 3.72. The summed E-state index contributed by atoms with van der Waals surface area (Å²) in [5, 5.41) is 10.3. The Morgan fingerprint density at radius 1 is 1.22 bits per heavy atom. The van der Waals surface area contributed by atoms with Gasteiger partial charge in [-0.05, 0) is 32.6 Å². The number of rotatable bonds is 3. The van der Waals surface area contributed by atoms with Gasteiger partial charge < -0.3 is 19.3 Å². The fourth-order valence-electron chi connectivity index (χ4n) is 3.72. The predicted octanol–water partition coefficient (Wildman–Crippen LogP) is 1.70. The second-order valence-electron chi connectivity index (χ2n) is 6.80. The highest BCUT2D eigenvalue weighted by Gasteiger charge is 2.62. The summed E-state index contributed by atoms with van der Waals surface area (Å²) in [6.45, 7) is 8.14. The summed E-state index contributed by atoms with van der Waals surface area (Å²) >= 11 is 0. The van der Waals surface area contributed by atoms with E-state index in [0.717, 1.165) is 12.8 Å². The monoisotopic (exact) mass is 256 g/mol. The maximum Gasteiger partial charge on any atom is 0.163 e. The standard InChI is InChI=1S/C14H24O4/c1-7(2)5-9(15)11-8-6-10(16-11)13-12(8)17-14(3,4)18-13/h7-13,15H,5-6H2,1-4H3. The van der Waals surface area contributed by atoms with Gasteiger partial charge in [0.1, 0.15) is 6.10 Å². The first-order valence-corrected chi connectivity index (χ1v) is 7.06. The Hall–Kier alpha value is -0.160. The zero-order valence-corrected chi connectivity index (χ0v) is 11.6. The highest BCUT2D eigenvalue weighted by atomic mass is 16.8. The number of aliphatic hydroxyl groups is 1. The zero-order valence-electron chi connectivity index (χ0n) is 11.6. The summed E-state index contributed by atoms with van der Waals surface area (Å²) in [6, 6.07) is 0. The average Bonchev–Trinajstić information content (AvgIpc) is 2.83. The molecule has 1 N–H and O–H groups in total. The zero-order chi connectivity index (χ0) is 13.1. The van der Waals surface area contributed by atoms with Crippen molar-refractivity contribution in [2.75, 3.05) is 0 Å². The third-order valence-electron chi connectivity index (χ3n) is 4.30. The molecule has 1 saturated carbocycles. The molecule has 4 heteroatoms. The van der Waals surface area contributed by atoms with Gasteiger partial charge in [0, 0.05) is 5.92 Å². The molecule has 2 aliphatic heterocycles. The lowest BCUT2D eigenvalue weighted by Crippen LogP contribution is -2.46. The van der Waals surface area contributed by atoms with Crippen molar-refractivity contribution in [3.8, 4) is 0 Å². The van der Waals surface area contributed by atoms with Crippen molar-refractivity contribution >= 4 is 0 Å². The molecule has 2 heterocycles. The third-order valence-corrected chi connectivity index (χ3v) is 4.30. The molecule has 2 bridgehead atoms. The van der Waals surface area contributed by atoms with Crippen LogP contribution in [0.3, 0.4) is 0 Å². The number of hydrogen-bond donors (Lipinski definition) is 1. The van der Waals surface area contributed by atoms with Gasteiger partial charge >= 0.3 is 0 Å². The molecule has 18 heavy (non-hydrogen) atoms. The molecule has 0 aromatic heterocycles. The highest BCUT2D eigenvalue weighted by Crippen LogP contribution is 2.50. The van der Waals surface area contributed by atoms with Gasteiger partial charge in [0.15, 0.2) is 5.79 Å². The quantitative estimate of drug-likeness (QED) is 0.835. The number of ether oxygens (including phenoxy) is 3. The van der Waals surface area contributed by atoms with Crippen LogP contribution in [-0.4, -0.2) is 41.4 Å². The minimum Gasteiger partial charge on any atom is -0.390 e. The van der Waals surface area contributed by atoms with Crippen LogP contribution in [0.1, 0.15) is 40.5 Å². The lowest BCUT2D eigenvalue weighted by atomic mass is 9.90. The Kier molecular flexibility index (Phi) is 2.98. The number of hydrogen-bond acceptors (Lipinski definition) is 4. The first-order valence-electron chi connectivity index (χ1n) is 7.06. The highest BCUT2D eigenvalue weighted by molar-refractivity contribution is 5.07. The fraction of sp³-hybridized carbons (Fsp3) is 1.00. The molecule has 2 saturated heterocycles. The van der Waals surface area contributed by atoms with Crippen LogP contribution >= 0.6 is 0 Å². The van der Waals surface area contributed by atoms with Crippen LogP contribution in [0.5, 0.6) is 0 Å². The largest absolute Gasteiger partial charge is 0.390 e. The van der Waals surface area contributed by atoms with E-state index in [9.17, 15) is 5.11 Å². The summed E-state index contributed by atoms with van der Waals surface area (Å²) in [4.78, 5) is 0. The van der Waals surface area contributed by atoms with Crippen LogP contribution in [-0.2, 0) is 14.2 Å². The SMILES string of the molecule is CC(C)CC(O)C1OC2CC1C1OC(C)(C)OC21. The normalized spacial score (nSPS) is 46.7. The molecule has 0 aromatic carbocycles. The van der Waals surface area contributed by atoms with Gasteiger partial charge in [-0.3, -0.25) is 0 Å². The number of fused-ring (bicyclic) bond motifs is 5. The molecule has 0 amide bonds. The van der Waals surface area contributed by atoms with Crippen LogP contribution in [0, 0.1) is 11.8 Å². The molecule has 0 spiro atoms. The number of aliphatic hydroxyl groups excluding tert-OH is 1. The molecule has 3 fully saturated rings. The van der Waals surface area contributed by atoms with Gasteiger partial charge in [-0.15, -0.1) is 0 Å². The van der Waals surface area contributed by atoms with E-state index < -0.39 is 5.79 Å². The maximum atomic E-state index is 10.3. The summed E-state index contributed by atoms with van der Waals surface area (Å²) in [5.74, 6) is 0.263. The van der Waals surface area contributed by atoms with E-state index in [1.54, 1.807) is 0 Å². The lowest BCUT2D eigenvalue weighted by Gasteiger charge is -2.33. The minimum atomic E-state index is -0.506. The predicted molar refractivity (Wildman–Crippen MR) is 66.1 cm³/mol. The minimum absolute atomic E-state index is 0.0625. The van der Waals surface area contributed by atoms with Crippen molar-refractivity contribution in [2.45, 2.75) is 76.8 Å². The Balaban J connectivity index is 1.70. The Morgan fingerprint density at radius 2 is 1.89 bits per heavy atom. The van der Waals surface area contributed by atoms with E-state index in [1.807, 2.05) is 13.8 Å². The molecule has 1 aliphatic carbocycles. The van der Waals surface area contributed by atoms with Crippen LogP contribution in [0.25, 0.3) is 0 Å². The van der Waals surface area contributed by atoms with Crippen molar-refractivity contribution in [2.24, 2.45) is 11.8 Å². The maximum absolute atomic E-state index is 10.3. The topological polar surface area (TPSA) is 47.9 Å². The van der Waals surface area contributed by atoms with Gasteiger partial charge in [0.25, 0.3) is 0 Å². The van der Waals surface area contributed by atoms with Gasteiger partial charge in [-0.1, -0.05) is 13.8 Å². The second-order valence-corrected chi connectivity index (χ2v) is 6.80. The Labute approximate surface area is 109 Å². The second kappa shape index (κ2) is 4.17. The molecule has 6 atom stereocenters. The Bertz CT molecular complexity index is 328. The van der Waals surface area contributed by atoms with Crippen molar-refractivity contribution < 1.29 is 19.3 Å². The van der Waals surface area contributed by atoms with E-state index in [4.69, 9.17) is 14.2 Å². The molecular weight excluding hydrogens is 232 g/mol. The molecular formula is C14H24O4. The van der Waals surface area contributed by atoms with Crippen molar-refractivity contribution in [3.05, 3.63) is 0 Å². The van der Waals surface area contributed by atoms with Crippen molar-refractivity contribution in [3.63, 3.8) is 0 Å². The summed E-state index contributed by atoms with van der Waals surface area (Å²) in [7, 11) is 0. The first kappa shape index (κ1) is 12.9. The molecule has 104 valence electrons. The molecule has 0 aromatic rings. The summed E-state index contributed by atoms with van der Waals surface area (Å²) < 4.78 is 17.8. The molecule has 4 nitrogen and oxygen atoms in total. The van der Waals surface area contributed by atoms with Gasteiger partial charge in [-0.25, -0.2) is 0 Å². The third kappa shape index (κ3) is 1.99. The molecule has 6 unspecified atom stereocenters. The van der Waals surface area contributed by atoms with Crippen LogP contribution in [0.2, 0.25) is 0 Å². The Morgan fingerprint density at radius 3 is 2.56 bits per heavy atom. The molecule has 3 aliphatic rings. The van der Waals surface area contributed by atoms with Crippen molar-refractivity contribution in [1.29, 1.82) is 0 Å². The van der Waals surface area contributed by atoms with Gasteiger partial charge in [0.2, 0.25) is 0 Å². The summed E-state index contributed by atoms with van der Waals surface area (Å²) in [6.07, 6.45) is 1.57. The van der Waals surface area contributed by atoms with E-state index >= 15 is 0 Å². The molecule has 3 rings (SSSR count). The van der Waals surface area contributed by atoms with Crippen LogP contribution in [0.15, 0.2) is 0 Å². The van der Waals surface area contributed by atoms with Crippen LogP contribution in [0.4, 0.5) is 0 Å².